The van der Waals surface area contributed by atoms with Crippen LogP contribution in [0.25, 0.3) is 0 Å². The van der Waals surface area contributed by atoms with E-state index in [2.05, 4.69) is 0 Å². The van der Waals surface area contributed by atoms with E-state index in [1.165, 1.54) is 12.1 Å². The number of esters is 1. The number of hydrogen-bond acceptors (Lipinski definition) is 8. The van der Waals surface area contributed by atoms with E-state index in [0.29, 0.717) is 10.5 Å². The normalized spacial score (nSPS) is 11.0. The number of hydrogen-bond donors (Lipinski definition) is 1. The maximum atomic E-state index is 12.3. The lowest BCUT2D eigenvalue weighted by Gasteiger charge is -2.08. The Bertz CT molecular complexity index is 992. The molecule has 0 amide bonds. The van der Waals surface area contributed by atoms with E-state index in [4.69, 9.17) is 4.74 Å². The first-order valence-corrected chi connectivity index (χ1v) is 10.5. The monoisotopic (exact) mass is 424 g/mol. The fourth-order valence-corrected chi connectivity index (χ4v) is 3.66. The van der Waals surface area contributed by atoms with Crippen LogP contribution in [0.2, 0.25) is 0 Å². The molecule has 2 aromatic rings. The van der Waals surface area contributed by atoms with Crippen molar-refractivity contribution < 1.29 is 27.7 Å². The second kappa shape index (κ2) is 9.44. The van der Waals surface area contributed by atoms with Gasteiger partial charge in [0.25, 0.3) is 5.69 Å². The molecule has 0 unspecified atom stereocenters. The van der Waals surface area contributed by atoms with E-state index in [-0.39, 0.29) is 10.6 Å². The lowest BCUT2D eigenvalue weighted by atomic mass is 10.1. The van der Waals surface area contributed by atoms with Gasteiger partial charge in [0.2, 0.25) is 10.0 Å². The second-order valence-electron chi connectivity index (χ2n) is 5.37. The van der Waals surface area contributed by atoms with Crippen LogP contribution in [0.4, 0.5) is 5.69 Å². The van der Waals surface area contributed by atoms with Gasteiger partial charge >= 0.3 is 5.97 Å². The molecule has 148 valence electrons. The molecular weight excluding hydrogens is 408 g/mol. The highest BCUT2D eigenvalue weighted by atomic mass is 32.2. The molecule has 9 nitrogen and oxygen atoms in total. The van der Waals surface area contributed by atoms with Gasteiger partial charge in [-0.05, 0) is 18.4 Å². The first-order chi connectivity index (χ1) is 13.2. The number of nitrogens with zero attached hydrogens (tertiary/aromatic N) is 1. The Labute approximate surface area is 165 Å². The van der Waals surface area contributed by atoms with E-state index in [9.17, 15) is 28.1 Å². The zero-order chi connectivity index (χ0) is 20.7. The molecule has 0 atom stereocenters. The summed E-state index contributed by atoms with van der Waals surface area (Å²) in [6, 6.07) is 11.6. The lowest BCUT2D eigenvalue weighted by Crippen LogP contribution is -2.31. The topological polar surface area (TPSA) is 133 Å². The van der Waals surface area contributed by atoms with Crippen molar-refractivity contribution >= 4 is 39.2 Å². The van der Waals surface area contributed by atoms with Crippen LogP contribution in [0.1, 0.15) is 10.4 Å². The zero-order valence-electron chi connectivity index (χ0n) is 14.7. The standard InChI is InChI=1S/C17H16N2O7S2/c1-27-16-8-7-13(9-14(16)19(22)23)28(24,25)18-10-17(21)26-11-15(20)12-5-3-2-4-6-12/h2-9,18H,10-11H2,1H3. The average Bonchev–Trinajstić information content (AvgIpc) is 2.70. The highest BCUT2D eigenvalue weighted by molar-refractivity contribution is 7.98. The molecule has 0 heterocycles. The highest BCUT2D eigenvalue weighted by Crippen LogP contribution is 2.29. The summed E-state index contributed by atoms with van der Waals surface area (Å²) in [5.74, 6) is -1.39. The van der Waals surface area contributed by atoms with Crippen LogP contribution in [0.5, 0.6) is 0 Å². The Morgan fingerprint density at radius 2 is 1.86 bits per heavy atom. The summed E-state index contributed by atoms with van der Waals surface area (Å²) in [7, 11) is -4.18. The third kappa shape index (κ3) is 5.62. The maximum Gasteiger partial charge on any atom is 0.321 e. The largest absolute Gasteiger partial charge is 0.456 e. The molecule has 2 rings (SSSR count). The van der Waals surface area contributed by atoms with E-state index in [0.717, 1.165) is 17.8 Å². The summed E-state index contributed by atoms with van der Waals surface area (Å²) < 4.78 is 31.3. The van der Waals surface area contributed by atoms with E-state index in [1.807, 2.05) is 4.72 Å². The fraction of sp³-hybridized carbons (Fsp3) is 0.176. The third-order valence-electron chi connectivity index (χ3n) is 3.52. The Balaban J connectivity index is 1.97. The molecule has 0 spiro atoms. The number of ketones is 1. The van der Waals surface area contributed by atoms with Gasteiger partial charge in [-0.15, -0.1) is 11.8 Å². The SMILES string of the molecule is CSc1ccc(S(=O)(=O)NCC(=O)OCC(=O)c2ccccc2)cc1[N+](=O)[O-]. The molecule has 11 heteroatoms. The van der Waals surface area contributed by atoms with Gasteiger partial charge in [-0.2, -0.15) is 4.72 Å². The van der Waals surface area contributed by atoms with Crippen molar-refractivity contribution in [3.8, 4) is 0 Å². The van der Waals surface area contributed by atoms with Crippen molar-refractivity contribution in [2.45, 2.75) is 9.79 Å². The summed E-state index contributed by atoms with van der Waals surface area (Å²) in [5.41, 5.74) is 0.00323. The van der Waals surface area contributed by atoms with Crippen LogP contribution in [-0.4, -0.2) is 44.5 Å². The van der Waals surface area contributed by atoms with Crippen molar-refractivity contribution in [3.05, 3.63) is 64.2 Å². The van der Waals surface area contributed by atoms with Crippen LogP contribution in [-0.2, 0) is 19.6 Å². The van der Waals surface area contributed by atoms with Crippen molar-refractivity contribution in [3.63, 3.8) is 0 Å². The second-order valence-corrected chi connectivity index (χ2v) is 7.98. The van der Waals surface area contributed by atoms with Gasteiger partial charge in [-0.1, -0.05) is 30.3 Å². The first kappa shape index (κ1) is 21.5. The molecule has 0 fully saturated rings. The molecule has 0 saturated heterocycles. The highest BCUT2D eigenvalue weighted by Gasteiger charge is 2.22. The smallest absolute Gasteiger partial charge is 0.321 e. The molecular formula is C17H16N2O7S2. The summed E-state index contributed by atoms with van der Waals surface area (Å²) >= 11 is 1.11. The van der Waals surface area contributed by atoms with E-state index < -0.39 is 39.9 Å². The lowest BCUT2D eigenvalue weighted by molar-refractivity contribution is -0.387. The van der Waals surface area contributed by atoms with Crippen molar-refractivity contribution in [1.29, 1.82) is 0 Å². The van der Waals surface area contributed by atoms with Crippen molar-refractivity contribution in [2.24, 2.45) is 0 Å². The summed E-state index contributed by atoms with van der Waals surface area (Å²) in [4.78, 5) is 33.9. The Kier molecular flexibility index (Phi) is 7.26. The van der Waals surface area contributed by atoms with E-state index >= 15 is 0 Å². The van der Waals surface area contributed by atoms with Crippen LogP contribution in [0.15, 0.2) is 58.3 Å². The number of carbonyl (C=O) groups excluding carboxylic acids is 2. The van der Waals surface area contributed by atoms with Crippen LogP contribution < -0.4 is 4.72 Å². The molecule has 0 aliphatic heterocycles. The number of nitrogens with one attached hydrogen (secondary N) is 1. The van der Waals surface area contributed by atoms with Gasteiger partial charge in [0.05, 0.1) is 14.7 Å². The Morgan fingerprint density at radius 1 is 1.18 bits per heavy atom. The number of ether oxygens (including phenoxy) is 1. The van der Waals surface area contributed by atoms with E-state index in [1.54, 1.807) is 36.6 Å². The number of Topliss-reactive ketones (excluding diaryl/α,β-unsaturated/α-hetero) is 1. The van der Waals surface area contributed by atoms with Crippen molar-refractivity contribution in [2.75, 3.05) is 19.4 Å². The van der Waals surface area contributed by atoms with Gasteiger partial charge in [0, 0.05) is 11.6 Å². The first-order valence-electron chi connectivity index (χ1n) is 7.80. The Morgan fingerprint density at radius 3 is 2.46 bits per heavy atom. The molecule has 0 bridgehead atoms. The zero-order valence-corrected chi connectivity index (χ0v) is 16.3. The number of nitro benzene ring substituents is 1. The molecule has 0 aromatic heterocycles. The van der Waals surface area contributed by atoms with Gasteiger partial charge in [0.1, 0.15) is 6.54 Å². The number of benzene rings is 2. The minimum atomic E-state index is -4.18. The molecule has 0 aliphatic rings. The number of sulfonamides is 1. The van der Waals surface area contributed by atoms with Gasteiger partial charge < -0.3 is 4.74 Å². The summed E-state index contributed by atoms with van der Waals surface area (Å²) in [6.45, 7) is -1.25. The van der Waals surface area contributed by atoms with Gasteiger partial charge in [-0.25, -0.2) is 8.42 Å². The quantitative estimate of drug-likeness (QED) is 0.213. The molecule has 0 saturated carbocycles. The molecule has 0 aliphatic carbocycles. The number of thioether (sulfide) groups is 1. The van der Waals surface area contributed by atoms with Crippen LogP contribution >= 0.6 is 11.8 Å². The minimum Gasteiger partial charge on any atom is -0.456 e. The third-order valence-corrected chi connectivity index (χ3v) is 5.71. The molecule has 1 N–H and O–H groups in total. The average molecular weight is 424 g/mol. The van der Waals surface area contributed by atoms with Gasteiger partial charge in [0.15, 0.2) is 12.4 Å². The maximum absolute atomic E-state index is 12.3. The summed E-state index contributed by atoms with van der Waals surface area (Å²) in [6.07, 6.45) is 1.63. The Hall–Kier alpha value is -2.76. The van der Waals surface area contributed by atoms with Crippen LogP contribution in [0, 0.1) is 10.1 Å². The number of nitro groups is 1. The predicted molar refractivity (Wildman–Crippen MR) is 102 cm³/mol. The van der Waals surface area contributed by atoms with Crippen molar-refractivity contribution in [1.82, 2.24) is 4.72 Å². The predicted octanol–water partition coefficient (Wildman–Crippen LogP) is 2.02. The molecule has 28 heavy (non-hydrogen) atoms. The molecule has 2 aromatic carbocycles. The number of carbonyl (C=O) groups is 2. The fourth-order valence-electron chi connectivity index (χ4n) is 2.12. The number of rotatable bonds is 9. The molecule has 0 radical (unpaired) electrons. The van der Waals surface area contributed by atoms with Crippen LogP contribution in [0.3, 0.4) is 0 Å². The van der Waals surface area contributed by atoms with Gasteiger partial charge in [-0.3, -0.25) is 19.7 Å². The summed E-state index contributed by atoms with van der Waals surface area (Å²) in [5, 5.41) is 11.1. The minimum absolute atomic E-state index is 0.308.